The van der Waals surface area contributed by atoms with E-state index in [4.69, 9.17) is 0 Å². The van der Waals surface area contributed by atoms with E-state index in [1.807, 2.05) is 12.1 Å². The van der Waals surface area contributed by atoms with E-state index in [0.717, 1.165) is 23.9 Å². The van der Waals surface area contributed by atoms with Crippen LogP contribution in [0, 0.1) is 12.8 Å². The highest BCUT2D eigenvalue weighted by molar-refractivity contribution is 9.10. The Morgan fingerprint density at radius 3 is 2.91 bits per heavy atom. The van der Waals surface area contributed by atoms with E-state index in [2.05, 4.69) is 51.3 Å². The van der Waals surface area contributed by atoms with E-state index in [-0.39, 0.29) is 12.0 Å². The Bertz CT molecular complexity index is 700. The van der Waals surface area contributed by atoms with E-state index < -0.39 is 5.97 Å². The summed E-state index contributed by atoms with van der Waals surface area (Å²) in [7, 11) is 0. The average molecular weight is 394 g/mol. The van der Waals surface area contributed by atoms with Crippen LogP contribution in [0.2, 0.25) is 0 Å². The number of hydrogen-bond acceptors (Lipinski definition) is 3. The molecule has 2 unspecified atom stereocenters. The molecule has 1 saturated heterocycles. The van der Waals surface area contributed by atoms with Crippen LogP contribution in [0.4, 0.5) is 0 Å². The number of rotatable bonds is 4. The molecule has 5 heteroatoms. The zero-order valence-electron chi connectivity index (χ0n) is 13.0. The van der Waals surface area contributed by atoms with Gasteiger partial charge in [0.2, 0.25) is 0 Å². The summed E-state index contributed by atoms with van der Waals surface area (Å²) in [5.74, 6) is -0.940. The Hall–Kier alpha value is -1.17. The van der Waals surface area contributed by atoms with Gasteiger partial charge in [0.15, 0.2) is 0 Å². The lowest BCUT2D eigenvalue weighted by molar-refractivity contribution is -0.143. The van der Waals surface area contributed by atoms with Gasteiger partial charge in [-0.15, -0.1) is 11.3 Å². The number of likely N-dealkylation sites (tertiary alicyclic amines) is 1. The van der Waals surface area contributed by atoms with E-state index in [1.165, 1.54) is 16.0 Å². The summed E-state index contributed by atoms with van der Waals surface area (Å²) in [6, 6.07) is 10.6. The van der Waals surface area contributed by atoms with Crippen LogP contribution in [0.1, 0.15) is 34.9 Å². The van der Waals surface area contributed by atoms with Crippen molar-refractivity contribution in [2.45, 2.75) is 25.8 Å². The monoisotopic (exact) mass is 393 g/mol. The van der Waals surface area contributed by atoms with Gasteiger partial charge in [-0.2, -0.15) is 0 Å². The highest BCUT2D eigenvalue weighted by Gasteiger charge is 2.32. The van der Waals surface area contributed by atoms with Gasteiger partial charge in [-0.1, -0.05) is 28.1 Å². The second-order valence-corrected chi connectivity index (χ2v) is 7.96. The van der Waals surface area contributed by atoms with Gasteiger partial charge in [-0.25, -0.2) is 0 Å². The second kappa shape index (κ2) is 7.16. The molecule has 122 valence electrons. The number of carboxylic acid groups (broad SMARTS) is 1. The highest BCUT2D eigenvalue weighted by Crippen LogP contribution is 2.37. The van der Waals surface area contributed by atoms with Crippen LogP contribution in [0.25, 0.3) is 0 Å². The van der Waals surface area contributed by atoms with Gasteiger partial charge in [-0.3, -0.25) is 9.69 Å². The minimum atomic E-state index is -0.675. The molecule has 3 nitrogen and oxygen atoms in total. The molecule has 2 aromatic rings. The lowest BCUT2D eigenvalue weighted by atomic mass is 9.93. The molecular formula is C18H20BrNO2S. The molecule has 1 aromatic heterocycles. The number of benzene rings is 1. The van der Waals surface area contributed by atoms with Crippen molar-refractivity contribution in [3.8, 4) is 0 Å². The van der Waals surface area contributed by atoms with Crippen LogP contribution < -0.4 is 0 Å². The van der Waals surface area contributed by atoms with Crippen molar-refractivity contribution in [1.82, 2.24) is 4.90 Å². The lowest BCUT2D eigenvalue weighted by Gasteiger charge is -2.37. The van der Waals surface area contributed by atoms with Gasteiger partial charge < -0.3 is 5.11 Å². The highest BCUT2D eigenvalue weighted by atomic mass is 79.9. The third kappa shape index (κ3) is 3.67. The second-order valence-electron chi connectivity index (χ2n) is 6.10. The molecule has 2 heterocycles. The van der Waals surface area contributed by atoms with Gasteiger partial charge in [0.1, 0.15) is 0 Å². The summed E-state index contributed by atoms with van der Waals surface area (Å²) < 4.78 is 1.06. The molecule has 0 bridgehead atoms. The number of hydrogen-bond donors (Lipinski definition) is 1. The third-order valence-corrected chi connectivity index (χ3v) is 6.05. The van der Waals surface area contributed by atoms with Crippen molar-refractivity contribution < 1.29 is 9.90 Å². The van der Waals surface area contributed by atoms with E-state index >= 15 is 0 Å². The predicted octanol–water partition coefficient (Wildman–Crippen LogP) is 4.71. The van der Waals surface area contributed by atoms with Gasteiger partial charge in [-0.05, 0) is 61.0 Å². The molecular weight excluding hydrogens is 374 g/mol. The van der Waals surface area contributed by atoms with Crippen LogP contribution in [0.5, 0.6) is 0 Å². The maximum atomic E-state index is 11.4. The first-order chi connectivity index (χ1) is 11.1. The van der Waals surface area contributed by atoms with Crippen molar-refractivity contribution in [2.75, 3.05) is 13.1 Å². The van der Waals surface area contributed by atoms with Crippen molar-refractivity contribution in [3.63, 3.8) is 0 Å². The fraction of sp³-hybridized carbons (Fsp3) is 0.389. The van der Waals surface area contributed by atoms with Gasteiger partial charge in [0.25, 0.3) is 0 Å². The topological polar surface area (TPSA) is 40.5 Å². The molecule has 1 fully saturated rings. The minimum absolute atomic E-state index is 0.134. The molecule has 2 atom stereocenters. The molecule has 1 N–H and O–H groups in total. The number of nitrogens with zero attached hydrogens (tertiary/aromatic N) is 1. The summed E-state index contributed by atoms with van der Waals surface area (Å²) >= 11 is 5.32. The van der Waals surface area contributed by atoms with Crippen molar-refractivity contribution in [1.29, 1.82) is 0 Å². The summed E-state index contributed by atoms with van der Waals surface area (Å²) in [4.78, 5) is 15.1. The summed E-state index contributed by atoms with van der Waals surface area (Å²) in [5.41, 5.74) is 2.49. The Morgan fingerprint density at radius 2 is 2.26 bits per heavy atom. The van der Waals surface area contributed by atoms with E-state index in [0.29, 0.717) is 6.54 Å². The van der Waals surface area contributed by atoms with Crippen LogP contribution in [-0.2, 0) is 4.79 Å². The Balaban J connectivity index is 1.99. The first-order valence-electron chi connectivity index (χ1n) is 7.82. The molecule has 1 aromatic carbocycles. The maximum Gasteiger partial charge on any atom is 0.307 e. The SMILES string of the molecule is Cc1ccsc1C(c1cccc(Br)c1)N1CCCC(C(=O)O)C1. The van der Waals surface area contributed by atoms with Crippen LogP contribution >= 0.6 is 27.3 Å². The summed E-state index contributed by atoms with van der Waals surface area (Å²) in [5, 5.41) is 11.5. The first-order valence-corrected chi connectivity index (χ1v) is 9.50. The molecule has 23 heavy (non-hydrogen) atoms. The zero-order valence-corrected chi connectivity index (χ0v) is 15.4. The average Bonchev–Trinajstić information content (AvgIpc) is 2.94. The number of piperidine rings is 1. The summed E-state index contributed by atoms with van der Waals surface area (Å²) in [6.07, 6.45) is 1.71. The van der Waals surface area contributed by atoms with Crippen LogP contribution in [-0.4, -0.2) is 29.1 Å². The molecule has 1 aliphatic rings. The third-order valence-electron chi connectivity index (χ3n) is 4.48. The van der Waals surface area contributed by atoms with Gasteiger partial charge >= 0.3 is 5.97 Å². The predicted molar refractivity (Wildman–Crippen MR) is 97.0 cm³/mol. The molecule has 0 amide bonds. The largest absolute Gasteiger partial charge is 0.481 e. The Labute approximate surface area is 149 Å². The fourth-order valence-electron chi connectivity index (χ4n) is 3.31. The number of carbonyl (C=O) groups is 1. The van der Waals surface area contributed by atoms with Gasteiger partial charge in [0, 0.05) is 15.9 Å². The number of carboxylic acids is 1. The minimum Gasteiger partial charge on any atom is -0.481 e. The first kappa shape index (κ1) is 16.7. The molecule has 0 spiro atoms. The lowest BCUT2D eigenvalue weighted by Crippen LogP contribution is -2.41. The molecule has 3 rings (SSSR count). The zero-order chi connectivity index (χ0) is 16.4. The Morgan fingerprint density at radius 1 is 1.43 bits per heavy atom. The summed E-state index contributed by atoms with van der Waals surface area (Å²) in [6.45, 7) is 3.69. The molecule has 0 radical (unpaired) electrons. The quantitative estimate of drug-likeness (QED) is 0.817. The van der Waals surface area contributed by atoms with Gasteiger partial charge in [0.05, 0.1) is 12.0 Å². The fourth-order valence-corrected chi connectivity index (χ4v) is 4.82. The number of thiophene rings is 1. The van der Waals surface area contributed by atoms with Crippen molar-refractivity contribution >= 4 is 33.2 Å². The number of aliphatic carboxylic acids is 1. The maximum absolute atomic E-state index is 11.4. The van der Waals surface area contributed by atoms with E-state index in [9.17, 15) is 9.90 Å². The van der Waals surface area contributed by atoms with E-state index in [1.54, 1.807) is 11.3 Å². The van der Waals surface area contributed by atoms with Crippen molar-refractivity contribution in [2.24, 2.45) is 5.92 Å². The number of aryl methyl sites for hydroxylation is 1. The molecule has 0 saturated carbocycles. The molecule has 1 aliphatic heterocycles. The normalized spacial score (nSPS) is 20.3. The molecule has 0 aliphatic carbocycles. The smallest absolute Gasteiger partial charge is 0.307 e. The number of halogens is 1. The standard InChI is InChI=1S/C18H20BrNO2S/c1-12-7-9-23-17(12)16(13-4-2-6-15(19)10-13)20-8-3-5-14(11-20)18(21)22/h2,4,6-7,9-10,14,16H,3,5,8,11H2,1H3,(H,21,22). The van der Waals surface area contributed by atoms with Crippen LogP contribution in [0.15, 0.2) is 40.2 Å². The van der Waals surface area contributed by atoms with Crippen LogP contribution in [0.3, 0.4) is 0 Å². The Kier molecular flexibility index (Phi) is 5.19. The van der Waals surface area contributed by atoms with Crippen molar-refractivity contribution in [3.05, 3.63) is 56.2 Å².